The normalized spacial score (nSPS) is 16.9. The Kier molecular flexibility index (Phi) is 8.59. The number of benzene rings is 3. The molecule has 9 nitrogen and oxygen atoms in total. The monoisotopic (exact) mass is 614 g/mol. The summed E-state index contributed by atoms with van der Waals surface area (Å²) in [4.78, 5) is 21.9. The third-order valence-corrected chi connectivity index (χ3v) is 8.51. The fraction of sp³-hybridized carbons (Fsp3) is 0.207. The number of fused-ring (bicyclic) bond motifs is 4. The molecule has 0 fully saturated rings. The van der Waals surface area contributed by atoms with E-state index in [1.807, 2.05) is 0 Å². The first kappa shape index (κ1) is 29.9. The summed E-state index contributed by atoms with van der Waals surface area (Å²) in [5.74, 6) is 0.445. The number of urea groups is 1. The van der Waals surface area contributed by atoms with Crippen molar-refractivity contribution in [3.05, 3.63) is 89.9 Å². The van der Waals surface area contributed by atoms with Gasteiger partial charge in [-0.1, -0.05) is 12.1 Å². The van der Waals surface area contributed by atoms with Crippen LogP contribution in [0.5, 0.6) is 0 Å². The summed E-state index contributed by atoms with van der Waals surface area (Å²) in [6.07, 6.45) is -1.75. The zero-order chi connectivity index (χ0) is 30.6. The van der Waals surface area contributed by atoms with Crippen molar-refractivity contribution in [2.24, 2.45) is 0 Å². The second-order valence-corrected chi connectivity index (χ2v) is 12.2. The summed E-state index contributed by atoms with van der Waals surface area (Å²) >= 11 is 0. The van der Waals surface area contributed by atoms with Gasteiger partial charge in [-0.3, -0.25) is 0 Å². The van der Waals surface area contributed by atoms with Gasteiger partial charge < -0.3 is 21.3 Å². The Morgan fingerprint density at radius 2 is 1.88 bits per heavy atom. The summed E-state index contributed by atoms with van der Waals surface area (Å²) in [6, 6.07) is 14.7. The lowest BCUT2D eigenvalue weighted by atomic mass is 10.0. The zero-order valence-corrected chi connectivity index (χ0v) is 23.5. The maximum Gasteiger partial charge on any atom is 0.416 e. The highest BCUT2D eigenvalue weighted by atomic mass is 32.3. The Labute approximate surface area is 245 Å². The van der Waals surface area contributed by atoms with E-state index in [9.17, 15) is 26.9 Å². The van der Waals surface area contributed by atoms with Crippen LogP contribution in [-0.4, -0.2) is 32.8 Å². The van der Waals surface area contributed by atoms with E-state index in [2.05, 4.69) is 31.2 Å². The van der Waals surface area contributed by atoms with Gasteiger partial charge in [-0.05, 0) is 72.5 Å². The Morgan fingerprint density at radius 1 is 1.07 bits per heavy atom. The summed E-state index contributed by atoms with van der Waals surface area (Å²) in [5.41, 5.74) is 1.03. The highest BCUT2D eigenvalue weighted by molar-refractivity contribution is 7.98. The average Bonchev–Trinajstić information content (AvgIpc) is 2.95. The molecule has 4 aromatic rings. The minimum Gasteiger partial charge on any atom is -0.369 e. The van der Waals surface area contributed by atoms with Crippen LogP contribution < -0.4 is 21.3 Å². The van der Waals surface area contributed by atoms with Crippen molar-refractivity contribution >= 4 is 39.3 Å². The number of carbonyl (C=O) groups is 1. The van der Waals surface area contributed by atoms with Gasteiger partial charge in [-0.15, -0.1) is 4.78 Å². The van der Waals surface area contributed by atoms with E-state index in [1.165, 1.54) is 24.3 Å². The predicted molar refractivity (Wildman–Crippen MR) is 158 cm³/mol. The smallest absolute Gasteiger partial charge is 0.369 e. The van der Waals surface area contributed by atoms with E-state index in [0.29, 0.717) is 58.2 Å². The van der Waals surface area contributed by atoms with Gasteiger partial charge in [-0.25, -0.2) is 18.7 Å². The van der Waals surface area contributed by atoms with Crippen LogP contribution in [0.15, 0.2) is 77.8 Å². The molecule has 224 valence electrons. The molecule has 1 unspecified atom stereocenters. The van der Waals surface area contributed by atoms with E-state index in [4.69, 9.17) is 4.78 Å². The number of rotatable bonds is 4. The number of hydrogen-bond donors (Lipinski definition) is 6. The molecule has 2 heterocycles. The quantitative estimate of drug-likeness (QED) is 0.105. The van der Waals surface area contributed by atoms with Crippen molar-refractivity contribution in [3.8, 4) is 11.1 Å². The van der Waals surface area contributed by atoms with Crippen molar-refractivity contribution < 1.29 is 26.9 Å². The van der Waals surface area contributed by atoms with Gasteiger partial charge in [0.2, 0.25) is 5.95 Å². The minimum absolute atomic E-state index is 0.0373. The Hall–Kier alpha value is -4.56. The molecule has 0 saturated carbocycles. The fourth-order valence-corrected chi connectivity index (χ4v) is 5.98. The van der Waals surface area contributed by atoms with Crippen LogP contribution in [0.25, 0.3) is 11.1 Å². The van der Waals surface area contributed by atoms with Crippen molar-refractivity contribution in [2.75, 3.05) is 28.2 Å². The molecule has 14 heteroatoms. The first-order chi connectivity index (χ1) is 20.5. The highest BCUT2D eigenvalue weighted by Gasteiger charge is 2.30. The molecule has 1 aliphatic heterocycles. The van der Waals surface area contributed by atoms with Crippen molar-refractivity contribution in [1.82, 2.24) is 15.3 Å². The molecule has 0 spiro atoms. The lowest BCUT2D eigenvalue weighted by molar-refractivity contribution is -0.137. The third-order valence-electron chi connectivity index (χ3n) is 6.60. The summed E-state index contributed by atoms with van der Waals surface area (Å²) in [6.45, 7) is 0.378. The molecule has 43 heavy (non-hydrogen) atoms. The number of carbonyl (C=O) groups excluding carboxylic acids is 1. The molecule has 1 aliphatic rings. The lowest BCUT2D eigenvalue weighted by Gasteiger charge is -2.14. The topological polar surface area (TPSA) is 135 Å². The van der Waals surface area contributed by atoms with E-state index in [0.717, 1.165) is 12.1 Å². The van der Waals surface area contributed by atoms with Gasteiger partial charge in [0.05, 0.1) is 5.56 Å². The molecule has 0 radical (unpaired) electrons. The van der Waals surface area contributed by atoms with Gasteiger partial charge in [0.15, 0.2) is 4.90 Å². The second kappa shape index (κ2) is 12.4. The van der Waals surface area contributed by atoms with Gasteiger partial charge in [0.1, 0.15) is 27.5 Å². The van der Waals surface area contributed by atoms with E-state index >= 15 is 0 Å². The van der Waals surface area contributed by atoms with E-state index in [-0.39, 0.29) is 18.2 Å². The molecule has 2 amide bonds. The number of anilines is 4. The SMILES string of the molecule is N=[S+]1(O)CCCCNc2nc(ncc2-c2cc(F)cc(CNC(=O)Nc3cccc(C(F)(F)F)c3)c2)Nc2cccc1c2. The molecule has 0 saturated heterocycles. The lowest BCUT2D eigenvalue weighted by Crippen LogP contribution is -2.28. The van der Waals surface area contributed by atoms with Gasteiger partial charge in [0, 0.05) is 42.3 Å². The summed E-state index contributed by atoms with van der Waals surface area (Å²) in [7, 11) is -2.71. The maximum absolute atomic E-state index is 14.7. The molecule has 5 rings (SSSR count). The number of alkyl halides is 3. The van der Waals surface area contributed by atoms with Gasteiger partial charge in [-0.2, -0.15) is 18.2 Å². The molecule has 4 bridgehead atoms. The second-order valence-electron chi connectivity index (χ2n) is 9.88. The van der Waals surface area contributed by atoms with E-state index < -0.39 is 33.7 Å². The molecule has 1 aromatic heterocycles. The van der Waals surface area contributed by atoms with Crippen LogP contribution in [0.3, 0.4) is 0 Å². The fourth-order valence-electron chi connectivity index (χ4n) is 4.50. The summed E-state index contributed by atoms with van der Waals surface area (Å²) in [5, 5.41) is 11.2. The molecule has 0 aliphatic carbocycles. The molecule has 3 aromatic carbocycles. The number of nitrogens with one attached hydrogen (secondary N) is 5. The molecule has 6 N–H and O–H groups in total. The predicted octanol–water partition coefficient (Wildman–Crippen LogP) is 7.32. The standard InChI is InChI=1S/C29H27F4N7O2S/c30-21-12-18(16-37-28(41)39-22-6-3-5-20(14-22)29(31,32)33)11-19(13-21)25-17-36-27-38-23-7-4-8-24(15-23)43(34,42)10-2-1-9-35-26(25)40-27/h3-8,11-15,17H,1-2,9-10,16H2,(H5-,34,35,36,37,38,39,40,41,42)/p+1. The largest absolute Gasteiger partial charge is 0.416 e. The Balaban J connectivity index is 1.34. The van der Waals surface area contributed by atoms with Gasteiger partial charge >= 0.3 is 12.2 Å². The average molecular weight is 615 g/mol. The zero-order valence-electron chi connectivity index (χ0n) is 22.6. The Bertz CT molecular complexity index is 1700. The molecular formula is C29H28F4N7O2S+. The number of nitrogens with zero attached hydrogens (tertiary/aromatic N) is 2. The number of aromatic nitrogens is 2. The minimum atomic E-state index is -4.55. The third kappa shape index (κ3) is 7.64. The van der Waals surface area contributed by atoms with Crippen LogP contribution in [0.1, 0.15) is 24.0 Å². The number of halogens is 4. The van der Waals surface area contributed by atoms with Crippen LogP contribution >= 0.6 is 0 Å². The van der Waals surface area contributed by atoms with Crippen molar-refractivity contribution in [3.63, 3.8) is 0 Å². The van der Waals surface area contributed by atoms with Crippen LogP contribution in [-0.2, 0) is 22.8 Å². The van der Waals surface area contributed by atoms with Gasteiger partial charge in [0.25, 0.3) is 0 Å². The van der Waals surface area contributed by atoms with Crippen molar-refractivity contribution in [1.29, 1.82) is 4.78 Å². The van der Waals surface area contributed by atoms with Crippen LogP contribution in [0, 0.1) is 10.6 Å². The first-order valence-corrected chi connectivity index (χ1v) is 15.0. The van der Waals surface area contributed by atoms with E-state index in [1.54, 1.807) is 36.5 Å². The maximum atomic E-state index is 14.7. The summed E-state index contributed by atoms with van der Waals surface area (Å²) < 4.78 is 72.8. The Morgan fingerprint density at radius 3 is 2.70 bits per heavy atom. The number of amides is 2. The van der Waals surface area contributed by atoms with Crippen LogP contribution in [0.4, 0.5) is 45.5 Å². The van der Waals surface area contributed by atoms with Crippen LogP contribution in [0.2, 0.25) is 0 Å². The van der Waals surface area contributed by atoms with Crippen molar-refractivity contribution in [2.45, 2.75) is 30.5 Å². The molecular weight excluding hydrogens is 586 g/mol. The first-order valence-electron chi connectivity index (χ1n) is 13.2. The number of hydrogen-bond acceptors (Lipinski definition) is 6. The highest BCUT2D eigenvalue weighted by Crippen LogP contribution is 2.32. The molecule has 1 atom stereocenters.